The predicted octanol–water partition coefficient (Wildman–Crippen LogP) is 3.11. The summed E-state index contributed by atoms with van der Waals surface area (Å²) in [6.45, 7) is 10.9. The number of hydrogen-bond donors (Lipinski definition) is 0. The van der Waals surface area contributed by atoms with Crippen LogP contribution in [-0.4, -0.2) is 34.6 Å². The number of likely N-dealkylation sites (tertiary alicyclic amines) is 1. The van der Waals surface area contributed by atoms with Crippen molar-refractivity contribution in [3.8, 4) is 0 Å². The minimum absolute atomic E-state index is 0.356. The highest BCUT2D eigenvalue weighted by Crippen LogP contribution is 2.28. The van der Waals surface area contributed by atoms with Crippen LogP contribution in [-0.2, 0) is 11.3 Å². The van der Waals surface area contributed by atoms with Gasteiger partial charge in [0.1, 0.15) is 0 Å². The molecule has 3 heteroatoms. The quantitative estimate of drug-likeness (QED) is 0.815. The van der Waals surface area contributed by atoms with Crippen molar-refractivity contribution in [1.29, 1.82) is 0 Å². The molecule has 1 saturated heterocycles. The van der Waals surface area contributed by atoms with Crippen molar-refractivity contribution in [3.63, 3.8) is 0 Å². The first-order valence-electron chi connectivity index (χ1n) is 7.34. The summed E-state index contributed by atoms with van der Waals surface area (Å²) in [5.41, 5.74) is 1.16. The molecule has 0 spiro atoms. The Morgan fingerprint density at radius 3 is 2.68 bits per heavy atom. The molecule has 2 atom stereocenters. The maximum absolute atomic E-state index is 6.07. The Balaban J connectivity index is 1.89. The van der Waals surface area contributed by atoms with Crippen molar-refractivity contribution in [3.05, 3.63) is 30.1 Å². The molecule has 1 aromatic heterocycles. The number of pyridine rings is 1. The van der Waals surface area contributed by atoms with E-state index in [0.717, 1.165) is 18.5 Å². The normalized spacial score (nSPS) is 24.5. The standard InChI is InChI=1S/C16H26N2O/c1-12(2)16-8-15(10-18(16)13(3)4)19-11-14-6-5-7-17-9-14/h5-7,9,12-13,15-16H,8,10-11H2,1-4H3. The molecule has 2 unspecified atom stereocenters. The lowest BCUT2D eigenvalue weighted by Crippen LogP contribution is -2.38. The van der Waals surface area contributed by atoms with E-state index < -0.39 is 0 Å². The van der Waals surface area contributed by atoms with E-state index in [0.29, 0.717) is 30.7 Å². The summed E-state index contributed by atoms with van der Waals surface area (Å²) < 4.78 is 6.07. The highest BCUT2D eigenvalue weighted by Gasteiger charge is 2.35. The van der Waals surface area contributed by atoms with E-state index in [9.17, 15) is 0 Å². The van der Waals surface area contributed by atoms with Gasteiger partial charge in [-0.2, -0.15) is 0 Å². The van der Waals surface area contributed by atoms with Gasteiger partial charge in [0.2, 0.25) is 0 Å². The van der Waals surface area contributed by atoms with E-state index in [1.165, 1.54) is 0 Å². The lowest BCUT2D eigenvalue weighted by Gasteiger charge is -2.30. The van der Waals surface area contributed by atoms with E-state index in [4.69, 9.17) is 4.74 Å². The third-order valence-electron chi connectivity index (χ3n) is 3.99. The minimum Gasteiger partial charge on any atom is -0.372 e. The van der Waals surface area contributed by atoms with Gasteiger partial charge in [0.05, 0.1) is 12.7 Å². The molecule has 0 bridgehead atoms. The van der Waals surface area contributed by atoms with Crippen LogP contribution in [0.2, 0.25) is 0 Å². The fraction of sp³-hybridized carbons (Fsp3) is 0.688. The zero-order chi connectivity index (χ0) is 13.8. The van der Waals surface area contributed by atoms with Gasteiger partial charge >= 0.3 is 0 Å². The Bertz CT molecular complexity index is 362. The first-order valence-corrected chi connectivity index (χ1v) is 7.34. The van der Waals surface area contributed by atoms with E-state index in [1.54, 1.807) is 6.20 Å². The molecule has 0 N–H and O–H groups in total. The van der Waals surface area contributed by atoms with Crippen LogP contribution in [0.4, 0.5) is 0 Å². The second kappa shape index (κ2) is 6.49. The number of aromatic nitrogens is 1. The lowest BCUT2D eigenvalue weighted by molar-refractivity contribution is 0.0443. The van der Waals surface area contributed by atoms with Crippen molar-refractivity contribution in [1.82, 2.24) is 9.88 Å². The van der Waals surface area contributed by atoms with Gasteiger partial charge in [-0.05, 0) is 37.8 Å². The van der Waals surface area contributed by atoms with E-state index in [2.05, 4.69) is 43.6 Å². The van der Waals surface area contributed by atoms with Crippen molar-refractivity contribution in [2.24, 2.45) is 5.92 Å². The summed E-state index contributed by atoms with van der Waals surface area (Å²) in [6.07, 6.45) is 5.19. The second-order valence-electron chi connectivity index (χ2n) is 6.13. The van der Waals surface area contributed by atoms with Crippen LogP contribution >= 0.6 is 0 Å². The van der Waals surface area contributed by atoms with E-state index in [1.807, 2.05) is 12.3 Å². The highest BCUT2D eigenvalue weighted by atomic mass is 16.5. The number of nitrogens with zero attached hydrogens (tertiary/aromatic N) is 2. The van der Waals surface area contributed by atoms with Gasteiger partial charge in [0, 0.05) is 31.0 Å². The third-order valence-corrected chi connectivity index (χ3v) is 3.99. The average Bonchev–Trinajstić information content (AvgIpc) is 2.82. The second-order valence-corrected chi connectivity index (χ2v) is 6.13. The molecule has 2 heterocycles. The molecule has 106 valence electrons. The zero-order valence-electron chi connectivity index (χ0n) is 12.5. The largest absolute Gasteiger partial charge is 0.372 e. The monoisotopic (exact) mass is 262 g/mol. The van der Waals surface area contributed by atoms with Gasteiger partial charge in [-0.1, -0.05) is 19.9 Å². The van der Waals surface area contributed by atoms with Gasteiger partial charge in [-0.15, -0.1) is 0 Å². The predicted molar refractivity (Wildman–Crippen MR) is 77.9 cm³/mol. The smallest absolute Gasteiger partial charge is 0.0736 e. The summed E-state index contributed by atoms with van der Waals surface area (Å²) >= 11 is 0. The average molecular weight is 262 g/mol. The van der Waals surface area contributed by atoms with Crippen LogP contribution in [0.15, 0.2) is 24.5 Å². The molecular weight excluding hydrogens is 236 g/mol. The number of ether oxygens (including phenoxy) is 1. The first-order chi connectivity index (χ1) is 9.08. The third kappa shape index (κ3) is 3.77. The summed E-state index contributed by atoms with van der Waals surface area (Å²) in [5, 5.41) is 0. The molecule has 19 heavy (non-hydrogen) atoms. The molecule has 1 aliphatic heterocycles. The van der Waals surface area contributed by atoms with Crippen molar-refractivity contribution in [2.75, 3.05) is 6.54 Å². The topological polar surface area (TPSA) is 25.4 Å². The van der Waals surface area contributed by atoms with Gasteiger partial charge in [0.25, 0.3) is 0 Å². The number of rotatable bonds is 5. The van der Waals surface area contributed by atoms with Crippen LogP contribution in [0.1, 0.15) is 39.7 Å². The molecule has 0 amide bonds. The van der Waals surface area contributed by atoms with Crippen molar-refractivity contribution in [2.45, 2.75) is 58.9 Å². The molecule has 1 aliphatic rings. The van der Waals surface area contributed by atoms with Crippen LogP contribution in [0.3, 0.4) is 0 Å². The highest BCUT2D eigenvalue weighted by molar-refractivity contribution is 5.07. The Kier molecular flexibility index (Phi) is 4.94. The zero-order valence-corrected chi connectivity index (χ0v) is 12.5. The molecular formula is C16H26N2O. The summed E-state index contributed by atoms with van der Waals surface area (Å²) in [5.74, 6) is 0.689. The van der Waals surface area contributed by atoms with E-state index in [-0.39, 0.29) is 0 Å². The van der Waals surface area contributed by atoms with Gasteiger partial charge < -0.3 is 4.74 Å². The Morgan fingerprint density at radius 2 is 2.16 bits per heavy atom. The van der Waals surface area contributed by atoms with Crippen LogP contribution in [0.5, 0.6) is 0 Å². The Labute approximate surface area is 117 Å². The fourth-order valence-corrected chi connectivity index (χ4v) is 2.92. The first kappa shape index (κ1) is 14.5. The summed E-state index contributed by atoms with van der Waals surface area (Å²) in [6, 6.07) is 5.28. The molecule has 0 aliphatic carbocycles. The summed E-state index contributed by atoms with van der Waals surface area (Å²) in [7, 11) is 0. The fourth-order valence-electron chi connectivity index (χ4n) is 2.92. The lowest BCUT2D eigenvalue weighted by atomic mass is 10.0. The Hall–Kier alpha value is -0.930. The number of hydrogen-bond acceptors (Lipinski definition) is 3. The van der Waals surface area contributed by atoms with Crippen molar-refractivity contribution < 1.29 is 4.74 Å². The van der Waals surface area contributed by atoms with Crippen LogP contribution < -0.4 is 0 Å². The maximum atomic E-state index is 6.07. The van der Waals surface area contributed by atoms with Crippen molar-refractivity contribution >= 4 is 0 Å². The van der Waals surface area contributed by atoms with Gasteiger partial charge in [0.15, 0.2) is 0 Å². The summed E-state index contributed by atoms with van der Waals surface area (Å²) in [4.78, 5) is 6.71. The van der Waals surface area contributed by atoms with Crippen LogP contribution in [0.25, 0.3) is 0 Å². The van der Waals surface area contributed by atoms with E-state index >= 15 is 0 Å². The molecule has 0 saturated carbocycles. The van der Waals surface area contributed by atoms with Gasteiger partial charge in [-0.3, -0.25) is 9.88 Å². The maximum Gasteiger partial charge on any atom is 0.0736 e. The van der Waals surface area contributed by atoms with Crippen LogP contribution in [0, 0.1) is 5.92 Å². The van der Waals surface area contributed by atoms with Gasteiger partial charge in [-0.25, -0.2) is 0 Å². The molecule has 2 rings (SSSR count). The molecule has 0 aromatic carbocycles. The molecule has 1 aromatic rings. The SMILES string of the molecule is CC(C)C1CC(OCc2cccnc2)CN1C(C)C. The Morgan fingerprint density at radius 1 is 1.37 bits per heavy atom. The minimum atomic E-state index is 0.356. The molecule has 3 nitrogen and oxygen atoms in total. The molecule has 1 fully saturated rings. The molecule has 0 radical (unpaired) electrons.